The van der Waals surface area contributed by atoms with Gasteiger partial charge in [-0.3, -0.25) is 0 Å². The molecule has 38 heavy (non-hydrogen) atoms. The molecule has 0 amide bonds. The summed E-state index contributed by atoms with van der Waals surface area (Å²) in [5, 5.41) is 0. The minimum Gasteiger partial charge on any atom is -0.187 e. The van der Waals surface area contributed by atoms with Gasteiger partial charge < -0.3 is 0 Å². The fourth-order valence-electron chi connectivity index (χ4n) is 4.34. The van der Waals surface area contributed by atoms with Gasteiger partial charge in [0.05, 0.1) is 5.57 Å². The Morgan fingerprint density at radius 1 is 0.711 bits per heavy atom. The van der Waals surface area contributed by atoms with Gasteiger partial charge in [0.15, 0.2) is 11.4 Å². The number of benzene rings is 1. The Kier molecular flexibility index (Phi) is 12.3. The van der Waals surface area contributed by atoms with Crippen molar-refractivity contribution in [2.75, 3.05) is 0 Å². The van der Waals surface area contributed by atoms with E-state index in [-0.39, 0.29) is 0 Å². The number of hydrogen-bond acceptors (Lipinski definition) is 0. The zero-order valence-corrected chi connectivity index (χ0v) is 23.6. The second-order valence-electron chi connectivity index (χ2n) is 8.28. The molecule has 2 rings (SSSR count). The largest absolute Gasteiger partial charge is 0.299 e. The summed E-state index contributed by atoms with van der Waals surface area (Å²) in [6, 6.07) is 10.5. The van der Waals surface area contributed by atoms with Crippen molar-refractivity contribution < 1.29 is 4.57 Å². The van der Waals surface area contributed by atoms with Gasteiger partial charge in [0.1, 0.15) is 11.4 Å². The molecule has 0 unspecified atom stereocenters. The maximum absolute atomic E-state index is 4.03. The number of hydrogen-bond donors (Lipinski definition) is 0. The molecule has 0 atom stereocenters. The lowest BCUT2D eigenvalue weighted by Crippen LogP contribution is -2.38. The molecular weight excluding hydrogens is 460 g/mol. The summed E-state index contributed by atoms with van der Waals surface area (Å²) in [5.41, 5.74) is 7.43. The minimum absolute atomic E-state index is 1.02. The van der Waals surface area contributed by atoms with Gasteiger partial charge >= 0.3 is 0 Å². The first-order valence-electron chi connectivity index (χ1n) is 13.0. The van der Waals surface area contributed by atoms with Crippen molar-refractivity contribution in [3.8, 4) is 11.3 Å². The summed E-state index contributed by atoms with van der Waals surface area (Å²) in [6.45, 7) is 22.1. The van der Waals surface area contributed by atoms with Crippen LogP contribution in [0.2, 0.25) is 0 Å². The third-order valence-corrected chi connectivity index (χ3v) is 5.89. The summed E-state index contributed by atoms with van der Waals surface area (Å²) in [4.78, 5) is 0. The number of rotatable bonds is 12. The number of nitrogens with zero attached hydrogens (tertiary/aromatic N) is 2. The number of imidazole rings is 1. The molecule has 2 aromatic rings. The van der Waals surface area contributed by atoms with Crippen LogP contribution in [0.1, 0.15) is 46.1 Å². The fraction of sp³-hybridized carbons (Fsp3) is 0.139. The van der Waals surface area contributed by atoms with Crippen LogP contribution in [-0.2, 0) is 0 Å². The lowest BCUT2D eigenvalue weighted by molar-refractivity contribution is -0.582. The van der Waals surface area contributed by atoms with Gasteiger partial charge in [-0.25, -0.2) is 0 Å². The van der Waals surface area contributed by atoms with Crippen molar-refractivity contribution in [1.82, 2.24) is 4.57 Å². The van der Waals surface area contributed by atoms with Crippen LogP contribution in [0.15, 0.2) is 141 Å². The van der Waals surface area contributed by atoms with Crippen molar-refractivity contribution in [2.24, 2.45) is 0 Å². The van der Waals surface area contributed by atoms with Gasteiger partial charge in [-0.05, 0) is 65.0 Å². The van der Waals surface area contributed by atoms with Crippen LogP contribution in [0.5, 0.6) is 0 Å². The summed E-state index contributed by atoms with van der Waals surface area (Å²) in [7, 11) is 0. The Labute approximate surface area is 230 Å². The van der Waals surface area contributed by atoms with E-state index in [1.165, 1.54) is 0 Å². The molecule has 0 spiro atoms. The predicted molar refractivity (Wildman–Crippen MR) is 170 cm³/mol. The zero-order valence-electron chi connectivity index (χ0n) is 23.6. The van der Waals surface area contributed by atoms with Crippen molar-refractivity contribution in [2.45, 2.75) is 34.6 Å². The van der Waals surface area contributed by atoms with E-state index >= 15 is 0 Å². The van der Waals surface area contributed by atoms with Gasteiger partial charge in [-0.1, -0.05) is 111 Å². The van der Waals surface area contributed by atoms with Crippen molar-refractivity contribution in [3.63, 3.8) is 0 Å². The highest BCUT2D eigenvalue weighted by Gasteiger charge is 2.36. The topological polar surface area (TPSA) is 8.81 Å². The quantitative estimate of drug-likeness (QED) is 0.202. The summed E-state index contributed by atoms with van der Waals surface area (Å²) in [6.07, 6.45) is 30.5. The molecule has 0 fully saturated rings. The Hall–Kier alpha value is -4.43. The Morgan fingerprint density at radius 2 is 1.37 bits per heavy atom. The van der Waals surface area contributed by atoms with Crippen LogP contribution in [0.3, 0.4) is 0 Å². The summed E-state index contributed by atoms with van der Waals surface area (Å²) in [5.74, 6) is 1.02. The maximum Gasteiger partial charge on any atom is 0.299 e. The van der Waals surface area contributed by atoms with Crippen LogP contribution >= 0.6 is 0 Å². The second kappa shape index (κ2) is 15.6. The number of allylic oxidation sites excluding steroid dienone is 19. The lowest BCUT2D eigenvalue weighted by atomic mass is 10.0. The molecular formula is C36H41N2+. The molecule has 0 saturated carbocycles. The molecule has 0 aliphatic heterocycles. The van der Waals surface area contributed by atoms with Crippen LogP contribution in [0, 0.1) is 0 Å². The van der Waals surface area contributed by atoms with E-state index in [0.717, 1.165) is 45.3 Å². The average molecular weight is 502 g/mol. The highest BCUT2D eigenvalue weighted by Crippen LogP contribution is 2.36. The Balaban J connectivity index is 3.47. The third kappa shape index (κ3) is 6.66. The maximum atomic E-state index is 4.03. The molecule has 2 nitrogen and oxygen atoms in total. The number of aromatic nitrogens is 2. The molecule has 0 N–H and O–H groups in total. The highest BCUT2D eigenvalue weighted by atomic mass is 15.2. The standard InChI is InChI=1S/C36H41N2/c1-9-17-25-29(14-6)36-37(32(15-7)24-13-5)34(30(22-11-3)23-12-4)35(31-26-20-19-21-27-31)38(36)33(16-8)28-18-10-2/h9-28H,1-3H2,4-8H3/q+1/b23-12-,24-13-,25-17-,28-18-,29-14+,30-22+,32-15+,33-16+. The Morgan fingerprint density at radius 3 is 1.89 bits per heavy atom. The molecule has 0 radical (unpaired) electrons. The van der Waals surface area contributed by atoms with E-state index in [1.54, 1.807) is 12.2 Å². The molecule has 0 bridgehead atoms. The van der Waals surface area contributed by atoms with Crippen LogP contribution < -0.4 is 4.57 Å². The average Bonchev–Trinajstić information content (AvgIpc) is 3.28. The van der Waals surface area contributed by atoms with Gasteiger partial charge in [0.2, 0.25) is 0 Å². The van der Waals surface area contributed by atoms with E-state index in [2.05, 4.69) is 135 Å². The fourth-order valence-corrected chi connectivity index (χ4v) is 4.34. The van der Waals surface area contributed by atoms with Gasteiger partial charge in [0, 0.05) is 11.1 Å². The molecule has 1 aromatic heterocycles. The summed E-state index contributed by atoms with van der Waals surface area (Å²) >= 11 is 0. The van der Waals surface area contributed by atoms with Crippen LogP contribution in [0.25, 0.3) is 33.8 Å². The molecule has 1 heterocycles. The molecule has 0 saturated heterocycles. The van der Waals surface area contributed by atoms with E-state index in [4.69, 9.17) is 0 Å². The Bertz CT molecular complexity index is 1370. The predicted octanol–water partition coefficient (Wildman–Crippen LogP) is 9.77. The van der Waals surface area contributed by atoms with E-state index in [1.807, 2.05) is 38.1 Å². The molecule has 2 heteroatoms. The second-order valence-corrected chi connectivity index (χ2v) is 8.28. The van der Waals surface area contributed by atoms with Crippen LogP contribution in [0.4, 0.5) is 0 Å². The monoisotopic (exact) mass is 501 g/mol. The molecule has 1 aromatic carbocycles. The SMILES string of the molecule is C=C/C=C\C(=C/C)c1n(C(/C=C\C=C)=C/C)c(-c2ccccc2)c(C(/C=C\C)=C/C=C)[n+]1C(/C=C\C)=C/C. The van der Waals surface area contributed by atoms with Gasteiger partial charge in [-0.2, -0.15) is 9.13 Å². The third-order valence-electron chi connectivity index (χ3n) is 5.89. The summed E-state index contributed by atoms with van der Waals surface area (Å²) < 4.78 is 4.67. The van der Waals surface area contributed by atoms with Gasteiger partial charge in [0.25, 0.3) is 5.82 Å². The van der Waals surface area contributed by atoms with Crippen LogP contribution in [-0.4, -0.2) is 4.57 Å². The van der Waals surface area contributed by atoms with E-state index < -0.39 is 0 Å². The highest BCUT2D eigenvalue weighted by molar-refractivity contribution is 5.87. The zero-order chi connectivity index (χ0) is 27.9. The molecule has 0 aliphatic rings. The van der Waals surface area contributed by atoms with E-state index in [9.17, 15) is 0 Å². The first-order valence-corrected chi connectivity index (χ1v) is 13.0. The van der Waals surface area contributed by atoms with Gasteiger partial charge in [-0.15, -0.1) is 0 Å². The molecule has 194 valence electrons. The molecule has 0 aliphatic carbocycles. The smallest absolute Gasteiger partial charge is 0.187 e. The van der Waals surface area contributed by atoms with Crippen molar-refractivity contribution >= 4 is 22.5 Å². The normalized spacial score (nSPS) is 13.9. The lowest BCUT2D eigenvalue weighted by Gasteiger charge is -2.09. The first kappa shape index (κ1) is 29.8. The van der Waals surface area contributed by atoms with Crippen molar-refractivity contribution in [3.05, 3.63) is 153 Å². The minimum atomic E-state index is 1.02. The van der Waals surface area contributed by atoms with Crippen molar-refractivity contribution in [1.29, 1.82) is 0 Å². The van der Waals surface area contributed by atoms with E-state index in [0.29, 0.717) is 0 Å². The first-order chi connectivity index (χ1) is 18.6.